The van der Waals surface area contributed by atoms with Crippen LogP contribution in [0.1, 0.15) is 29.8 Å². The molecule has 0 aliphatic heterocycles. The van der Waals surface area contributed by atoms with Crippen molar-refractivity contribution in [3.63, 3.8) is 0 Å². The monoisotopic (exact) mass is 249 g/mol. The zero-order valence-corrected chi connectivity index (χ0v) is 10.9. The molecule has 0 aromatic heterocycles. The van der Waals surface area contributed by atoms with E-state index in [1.807, 2.05) is 13.8 Å². The van der Waals surface area contributed by atoms with Gasteiger partial charge in [-0.25, -0.2) is 0 Å². The third-order valence-corrected chi connectivity index (χ3v) is 2.51. The van der Waals surface area contributed by atoms with Crippen molar-refractivity contribution in [3.05, 3.63) is 29.3 Å². The second kappa shape index (κ2) is 6.16. The largest absolute Gasteiger partial charge is 0.352 e. The number of anilines is 1. The molecule has 5 heteroatoms. The molecule has 0 unspecified atom stereocenters. The Kier molecular flexibility index (Phi) is 4.85. The molecule has 0 radical (unpaired) electrons. The highest BCUT2D eigenvalue weighted by Gasteiger charge is 2.11. The molecule has 18 heavy (non-hydrogen) atoms. The molecule has 4 N–H and O–H groups in total. The van der Waals surface area contributed by atoms with Gasteiger partial charge in [-0.1, -0.05) is 6.07 Å². The molecule has 0 aliphatic carbocycles. The van der Waals surface area contributed by atoms with Gasteiger partial charge in [0.25, 0.3) is 5.91 Å². The summed E-state index contributed by atoms with van der Waals surface area (Å²) in [4.78, 5) is 23.2. The van der Waals surface area contributed by atoms with Crippen molar-refractivity contribution >= 4 is 17.5 Å². The Morgan fingerprint density at radius 2 is 2.06 bits per heavy atom. The summed E-state index contributed by atoms with van der Waals surface area (Å²) < 4.78 is 0. The second-order valence-electron chi connectivity index (χ2n) is 4.17. The van der Waals surface area contributed by atoms with Crippen molar-refractivity contribution in [2.24, 2.45) is 5.73 Å². The van der Waals surface area contributed by atoms with Gasteiger partial charge in [-0.15, -0.1) is 0 Å². The van der Waals surface area contributed by atoms with E-state index in [-0.39, 0.29) is 11.8 Å². The molecular formula is C13H19N3O2. The molecule has 0 spiro atoms. The fourth-order valence-electron chi connectivity index (χ4n) is 1.41. The highest BCUT2D eigenvalue weighted by atomic mass is 16.2. The van der Waals surface area contributed by atoms with E-state index in [0.717, 1.165) is 5.56 Å². The summed E-state index contributed by atoms with van der Waals surface area (Å²) in [6.45, 7) is 5.88. The number of benzene rings is 1. The molecule has 0 saturated carbocycles. The van der Waals surface area contributed by atoms with Crippen LogP contribution in [0.25, 0.3) is 0 Å². The second-order valence-corrected chi connectivity index (χ2v) is 4.17. The van der Waals surface area contributed by atoms with E-state index in [0.29, 0.717) is 17.8 Å². The Morgan fingerprint density at radius 3 is 2.61 bits per heavy atom. The van der Waals surface area contributed by atoms with Crippen LogP contribution in [0.5, 0.6) is 0 Å². The number of nitrogens with one attached hydrogen (secondary N) is 2. The molecule has 0 saturated heterocycles. The molecule has 1 aromatic carbocycles. The van der Waals surface area contributed by atoms with Crippen LogP contribution in [0.3, 0.4) is 0 Å². The Morgan fingerprint density at radius 1 is 1.39 bits per heavy atom. The van der Waals surface area contributed by atoms with Crippen LogP contribution in [0.4, 0.5) is 5.69 Å². The Bertz CT molecular complexity index is 456. The molecule has 5 nitrogen and oxygen atoms in total. The van der Waals surface area contributed by atoms with Gasteiger partial charge in [0.05, 0.1) is 6.04 Å². The van der Waals surface area contributed by atoms with Gasteiger partial charge in [-0.05, 0) is 38.5 Å². The maximum atomic E-state index is 11.7. The van der Waals surface area contributed by atoms with Crippen LogP contribution in [0.2, 0.25) is 0 Å². The van der Waals surface area contributed by atoms with Crippen molar-refractivity contribution in [2.45, 2.75) is 26.8 Å². The first kappa shape index (κ1) is 14.2. The molecule has 0 fully saturated rings. The van der Waals surface area contributed by atoms with Gasteiger partial charge >= 0.3 is 0 Å². The topological polar surface area (TPSA) is 84.2 Å². The summed E-state index contributed by atoms with van der Waals surface area (Å²) in [6, 6.07) is 4.58. The van der Waals surface area contributed by atoms with Gasteiger partial charge in [0.1, 0.15) is 0 Å². The van der Waals surface area contributed by atoms with Crippen LogP contribution in [0, 0.1) is 6.92 Å². The quantitative estimate of drug-likeness (QED) is 0.745. The summed E-state index contributed by atoms with van der Waals surface area (Å²) in [5.74, 6) is -0.431. The van der Waals surface area contributed by atoms with Crippen molar-refractivity contribution in [1.29, 1.82) is 0 Å². The number of carbonyl (C=O) groups is 2. The van der Waals surface area contributed by atoms with Crippen molar-refractivity contribution in [3.8, 4) is 0 Å². The average molecular weight is 249 g/mol. The predicted octanol–water partition coefficient (Wildman–Crippen LogP) is 1.03. The maximum Gasteiger partial charge on any atom is 0.251 e. The number of nitrogens with two attached hydrogens (primary N) is 1. The number of hydrogen-bond acceptors (Lipinski definition) is 3. The number of hydrogen-bond donors (Lipinski definition) is 3. The lowest BCUT2D eigenvalue weighted by molar-refractivity contribution is -0.117. The third-order valence-electron chi connectivity index (χ3n) is 2.51. The van der Waals surface area contributed by atoms with Crippen LogP contribution in [-0.4, -0.2) is 24.4 Å². The number of aryl methyl sites for hydroxylation is 1. The first-order valence-electron chi connectivity index (χ1n) is 5.91. The predicted molar refractivity (Wildman–Crippen MR) is 71.5 cm³/mol. The molecule has 0 aliphatic rings. The normalized spacial score (nSPS) is 11.8. The standard InChI is InChI=1S/C13H19N3O2/c1-4-15-13(18)10-6-5-8(2)11(7-10)16-12(17)9(3)14/h5-7,9H,4,14H2,1-3H3,(H,15,18)(H,16,17)/t9-/m1/s1. The maximum absolute atomic E-state index is 11.7. The summed E-state index contributed by atoms with van der Waals surface area (Å²) in [5.41, 5.74) is 7.50. The lowest BCUT2D eigenvalue weighted by Gasteiger charge is -2.12. The average Bonchev–Trinajstić information content (AvgIpc) is 2.31. The summed E-state index contributed by atoms with van der Waals surface area (Å²) in [6.07, 6.45) is 0. The van der Waals surface area contributed by atoms with Gasteiger partial charge in [0.15, 0.2) is 0 Å². The van der Waals surface area contributed by atoms with Crippen LogP contribution >= 0.6 is 0 Å². The van der Waals surface area contributed by atoms with Gasteiger partial charge in [0, 0.05) is 17.8 Å². The van der Waals surface area contributed by atoms with Crippen molar-refractivity contribution < 1.29 is 9.59 Å². The fraction of sp³-hybridized carbons (Fsp3) is 0.385. The van der Waals surface area contributed by atoms with Crippen LogP contribution in [0.15, 0.2) is 18.2 Å². The first-order valence-corrected chi connectivity index (χ1v) is 5.91. The number of amides is 2. The minimum absolute atomic E-state index is 0.159. The van der Waals surface area contributed by atoms with E-state index >= 15 is 0 Å². The van der Waals surface area contributed by atoms with Crippen molar-refractivity contribution in [1.82, 2.24) is 5.32 Å². The van der Waals surface area contributed by atoms with E-state index in [4.69, 9.17) is 5.73 Å². The smallest absolute Gasteiger partial charge is 0.251 e. The summed E-state index contributed by atoms with van der Waals surface area (Å²) >= 11 is 0. The number of rotatable bonds is 4. The molecular weight excluding hydrogens is 230 g/mol. The van der Waals surface area contributed by atoms with E-state index < -0.39 is 6.04 Å². The van der Waals surface area contributed by atoms with Gasteiger partial charge in [-0.3, -0.25) is 9.59 Å². The molecule has 0 heterocycles. The SMILES string of the molecule is CCNC(=O)c1ccc(C)c(NC(=O)[C@@H](C)N)c1. The van der Waals surface area contributed by atoms with Gasteiger partial charge in [-0.2, -0.15) is 0 Å². The zero-order valence-electron chi connectivity index (χ0n) is 10.9. The van der Waals surface area contributed by atoms with E-state index in [1.54, 1.807) is 25.1 Å². The lowest BCUT2D eigenvalue weighted by atomic mass is 10.1. The molecule has 2 amide bonds. The van der Waals surface area contributed by atoms with E-state index in [1.165, 1.54) is 0 Å². The van der Waals surface area contributed by atoms with Crippen LogP contribution in [-0.2, 0) is 4.79 Å². The van der Waals surface area contributed by atoms with Gasteiger partial charge in [0.2, 0.25) is 5.91 Å². The highest BCUT2D eigenvalue weighted by Crippen LogP contribution is 2.17. The van der Waals surface area contributed by atoms with Crippen molar-refractivity contribution in [2.75, 3.05) is 11.9 Å². The van der Waals surface area contributed by atoms with E-state index in [9.17, 15) is 9.59 Å². The summed E-state index contributed by atoms with van der Waals surface area (Å²) in [5, 5.41) is 5.41. The zero-order chi connectivity index (χ0) is 13.7. The number of carbonyl (C=O) groups excluding carboxylic acids is 2. The first-order chi connectivity index (χ1) is 8.45. The highest BCUT2D eigenvalue weighted by molar-refractivity contribution is 5.98. The fourth-order valence-corrected chi connectivity index (χ4v) is 1.41. The lowest BCUT2D eigenvalue weighted by Crippen LogP contribution is -2.32. The molecule has 0 bridgehead atoms. The Labute approximate surface area is 107 Å². The molecule has 1 rings (SSSR count). The van der Waals surface area contributed by atoms with Crippen LogP contribution < -0.4 is 16.4 Å². The molecule has 98 valence electrons. The van der Waals surface area contributed by atoms with E-state index in [2.05, 4.69) is 10.6 Å². The third kappa shape index (κ3) is 3.56. The summed E-state index contributed by atoms with van der Waals surface area (Å²) in [7, 11) is 0. The minimum Gasteiger partial charge on any atom is -0.352 e. The Balaban J connectivity index is 2.94. The minimum atomic E-state index is -0.586. The Hall–Kier alpha value is -1.88. The molecule has 1 atom stereocenters. The molecule has 1 aromatic rings. The van der Waals surface area contributed by atoms with Gasteiger partial charge < -0.3 is 16.4 Å².